The Balaban J connectivity index is 2.16. The maximum absolute atomic E-state index is 11.8. The van der Waals surface area contributed by atoms with Crippen molar-refractivity contribution in [3.63, 3.8) is 0 Å². The second-order valence-corrected chi connectivity index (χ2v) is 3.95. The minimum Gasteiger partial charge on any atom is -0.306 e. The van der Waals surface area contributed by atoms with Crippen LogP contribution >= 0.6 is 0 Å². The van der Waals surface area contributed by atoms with E-state index >= 15 is 0 Å². The molecule has 1 N–H and O–H groups in total. The van der Waals surface area contributed by atoms with E-state index < -0.39 is 12.7 Å². The van der Waals surface area contributed by atoms with Gasteiger partial charge in [-0.25, -0.2) is 0 Å². The highest BCUT2D eigenvalue weighted by molar-refractivity contribution is 4.76. The van der Waals surface area contributed by atoms with Gasteiger partial charge in [-0.05, 0) is 31.6 Å². The fourth-order valence-electron chi connectivity index (χ4n) is 1.72. The summed E-state index contributed by atoms with van der Waals surface area (Å²) in [7, 11) is 0. The van der Waals surface area contributed by atoms with Crippen LogP contribution in [0.3, 0.4) is 0 Å². The van der Waals surface area contributed by atoms with Crippen LogP contribution in [0.1, 0.15) is 32.6 Å². The van der Waals surface area contributed by atoms with Crippen LogP contribution < -0.4 is 5.32 Å². The van der Waals surface area contributed by atoms with Crippen molar-refractivity contribution in [3.05, 3.63) is 0 Å². The Hall–Kier alpha value is -0.250. The standard InChI is InChI=1S/C9H16F3N/c1-7-2-4-8(5-3-7)13-6-9(10,11)12/h7-8,13H,2-6H2,1H3. The molecule has 0 aromatic carbocycles. The monoisotopic (exact) mass is 195 g/mol. The molecule has 1 nitrogen and oxygen atoms in total. The Morgan fingerprint density at radius 3 is 2.15 bits per heavy atom. The van der Waals surface area contributed by atoms with Crippen molar-refractivity contribution in [2.24, 2.45) is 5.92 Å². The molecule has 0 unspecified atom stereocenters. The lowest BCUT2D eigenvalue weighted by molar-refractivity contribution is -0.126. The van der Waals surface area contributed by atoms with Crippen LogP contribution in [0, 0.1) is 5.92 Å². The van der Waals surface area contributed by atoms with Gasteiger partial charge in [-0.3, -0.25) is 0 Å². The van der Waals surface area contributed by atoms with E-state index in [2.05, 4.69) is 12.2 Å². The quantitative estimate of drug-likeness (QED) is 0.714. The highest BCUT2D eigenvalue weighted by Gasteiger charge is 2.28. The Morgan fingerprint density at radius 1 is 1.15 bits per heavy atom. The minimum absolute atomic E-state index is 0.0813. The Kier molecular flexibility index (Phi) is 3.59. The average molecular weight is 195 g/mol. The number of rotatable bonds is 2. The first-order valence-electron chi connectivity index (χ1n) is 4.77. The molecule has 78 valence electrons. The van der Waals surface area contributed by atoms with Gasteiger partial charge < -0.3 is 5.32 Å². The Bertz CT molecular complexity index is 147. The molecular formula is C9H16F3N. The van der Waals surface area contributed by atoms with Crippen molar-refractivity contribution < 1.29 is 13.2 Å². The highest BCUT2D eigenvalue weighted by atomic mass is 19.4. The van der Waals surface area contributed by atoms with Crippen LogP contribution in [-0.4, -0.2) is 18.8 Å². The maximum Gasteiger partial charge on any atom is 0.401 e. The number of alkyl halides is 3. The van der Waals surface area contributed by atoms with Crippen molar-refractivity contribution in [1.82, 2.24) is 5.32 Å². The van der Waals surface area contributed by atoms with Gasteiger partial charge in [0.1, 0.15) is 0 Å². The number of nitrogens with one attached hydrogen (secondary N) is 1. The molecule has 0 amide bonds. The second-order valence-electron chi connectivity index (χ2n) is 3.95. The van der Waals surface area contributed by atoms with Gasteiger partial charge in [0.05, 0.1) is 6.54 Å². The van der Waals surface area contributed by atoms with E-state index in [-0.39, 0.29) is 6.04 Å². The molecule has 1 saturated carbocycles. The summed E-state index contributed by atoms with van der Waals surface area (Å²) in [5.74, 6) is 0.684. The van der Waals surface area contributed by atoms with Gasteiger partial charge in [-0.1, -0.05) is 6.92 Å². The van der Waals surface area contributed by atoms with Gasteiger partial charge >= 0.3 is 6.18 Å². The predicted molar refractivity (Wildman–Crippen MR) is 45.5 cm³/mol. The van der Waals surface area contributed by atoms with Gasteiger partial charge in [0.15, 0.2) is 0 Å². The number of halogens is 3. The summed E-state index contributed by atoms with van der Waals surface area (Å²) in [5, 5.41) is 2.56. The third-order valence-corrected chi connectivity index (χ3v) is 2.61. The molecular weight excluding hydrogens is 179 g/mol. The smallest absolute Gasteiger partial charge is 0.306 e. The van der Waals surface area contributed by atoms with Crippen LogP contribution in [0.4, 0.5) is 13.2 Å². The van der Waals surface area contributed by atoms with Crippen LogP contribution in [0.2, 0.25) is 0 Å². The van der Waals surface area contributed by atoms with E-state index in [9.17, 15) is 13.2 Å². The van der Waals surface area contributed by atoms with E-state index in [0.717, 1.165) is 25.7 Å². The molecule has 0 aromatic heterocycles. The Labute approximate surface area is 76.7 Å². The molecule has 0 radical (unpaired) electrons. The normalized spacial score (nSPS) is 30.5. The van der Waals surface area contributed by atoms with Crippen molar-refractivity contribution in [2.75, 3.05) is 6.54 Å². The molecule has 0 heterocycles. The number of hydrogen-bond donors (Lipinski definition) is 1. The van der Waals surface area contributed by atoms with Gasteiger partial charge in [0.25, 0.3) is 0 Å². The summed E-state index contributed by atoms with van der Waals surface area (Å²) in [4.78, 5) is 0. The lowest BCUT2D eigenvalue weighted by Gasteiger charge is -2.27. The summed E-state index contributed by atoms with van der Waals surface area (Å²) >= 11 is 0. The first-order chi connectivity index (χ1) is 5.97. The summed E-state index contributed by atoms with van der Waals surface area (Å²) in [5.41, 5.74) is 0. The predicted octanol–water partition coefficient (Wildman–Crippen LogP) is 2.72. The van der Waals surface area contributed by atoms with Crippen molar-refractivity contribution >= 4 is 0 Å². The van der Waals surface area contributed by atoms with Crippen molar-refractivity contribution in [3.8, 4) is 0 Å². The van der Waals surface area contributed by atoms with E-state index in [1.165, 1.54) is 0 Å². The van der Waals surface area contributed by atoms with Gasteiger partial charge in [0.2, 0.25) is 0 Å². The molecule has 0 bridgehead atoms. The molecule has 0 aliphatic heterocycles. The van der Waals surface area contributed by atoms with Crippen LogP contribution in [0.5, 0.6) is 0 Å². The average Bonchev–Trinajstić information content (AvgIpc) is 2.02. The zero-order valence-corrected chi connectivity index (χ0v) is 7.82. The van der Waals surface area contributed by atoms with E-state index in [0.29, 0.717) is 5.92 Å². The zero-order valence-electron chi connectivity index (χ0n) is 7.82. The van der Waals surface area contributed by atoms with Crippen LogP contribution in [-0.2, 0) is 0 Å². The van der Waals surface area contributed by atoms with E-state index in [1.807, 2.05) is 0 Å². The fourth-order valence-corrected chi connectivity index (χ4v) is 1.72. The largest absolute Gasteiger partial charge is 0.401 e. The molecule has 13 heavy (non-hydrogen) atoms. The number of hydrogen-bond acceptors (Lipinski definition) is 1. The third-order valence-electron chi connectivity index (χ3n) is 2.61. The summed E-state index contributed by atoms with van der Waals surface area (Å²) in [6, 6.07) is 0.0813. The lowest BCUT2D eigenvalue weighted by atomic mass is 9.87. The SMILES string of the molecule is CC1CCC(NCC(F)(F)F)CC1. The molecule has 4 heteroatoms. The molecule has 1 fully saturated rings. The molecule has 0 saturated heterocycles. The summed E-state index contributed by atoms with van der Waals surface area (Å²) < 4.78 is 35.5. The molecule has 0 atom stereocenters. The molecule has 0 spiro atoms. The van der Waals surface area contributed by atoms with Crippen molar-refractivity contribution in [2.45, 2.75) is 44.8 Å². The molecule has 1 aliphatic carbocycles. The molecule has 0 aromatic rings. The topological polar surface area (TPSA) is 12.0 Å². The lowest BCUT2D eigenvalue weighted by Crippen LogP contribution is -2.39. The first kappa shape index (κ1) is 10.8. The summed E-state index contributed by atoms with van der Waals surface area (Å²) in [6.07, 6.45) is -0.192. The minimum atomic E-state index is -4.07. The van der Waals surface area contributed by atoms with Crippen LogP contribution in [0.25, 0.3) is 0 Å². The third kappa shape index (κ3) is 4.50. The summed E-state index contributed by atoms with van der Waals surface area (Å²) in [6.45, 7) is 1.31. The van der Waals surface area contributed by atoms with Gasteiger partial charge in [-0.15, -0.1) is 0 Å². The Morgan fingerprint density at radius 2 is 1.69 bits per heavy atom. The second kappa shape index (κ2) is 4.31. The van der Waals surface area contributed by atoms with Gasteiger partial charge in [-0.2, -0.15) is 13.2 Å². The molecule has 1 rings (SSSR count). The van der Waals surface area contributed by atoms with Crippen LogP contribution in [0.15, 0.2) is 0 Å². The molecule has 1 aliphatic rings. The first-order valence-corrected chi connectivity index (χ1v) is 4.77. The fraction of sp³-hybridized carbons (Fsp3) is 1.00. The van der Waals surface area contributed by atoms with Gasteiger partial charge in [0, 0.05) is 6.04 Å². The van der Waals surface area contributed by atoms with Crippen molar-refractivity contribution in [1.29, 1.82) is 0 Å². The zero-order chi connectivity index (χ0) is 9.90. The van der Waals surface area contributed by atoms with E-state index in [1.54, 1.807) is 0 Å². The highest BCUT2D eigenvalue weighted by Crippen LogP contribution is 2.24. The maximum atomic E-state index is 11.8. The van der Waals surface area contributed by atoms with E-state index in [4.69, 9.17) is 0 Å².